The Morgan fingerprint density at radius 1 is 0.800 bits per heavy atom. The minimum Gasteiger partial charge on any atom is -0.339 e. The SMILES string of the molecule is Cc1ccc(C(=O)N2CCN(CC(=O)N3CCN(Cc4ccccc4)CC3)CC2)s1. The summed E-state index contributed by atoms with van der Waals surface area (Å²) in [7, 11) is 0. The van der Waals surface area contributed by atoms with E-state index >= 15 is 0 Å². The van der Waals surface area contributed by atoms with Crippen LogP contribution in [0, 0.1) is 6.92 Å². The fourth-order valence-corrected chi connectivity index (χ4v) is 4.94. The Morgan fingerprint density at radius 3 is 2.07 bits per heavy atom. The van der Waals surface area contributed by atoms with Gasteiger partial charge in [0.25, 0.3) is 5.91 Å². The van der Waals surface area contributed by atoms with Crippen LogP contribution in [0.4, 0.5) is 0 Å². The van der Waals surface area contributed by atoms with Crippen LogP contribution >= 0.6 is 11.3 Å². The topological polar surface area (TPSA) is 47.1 Å². The van der Waals surface area contributed by atoms with Crippen LogP contribution in [0.5, 0.6) is 0 Å². The molecule has 2 saturated heterocycles. The van der Waals surface area contributed by atoms with Crippen LogP contribution in [0.1, 0.15) is 20.1 Å². The molecule has 0 aliphatic carbocycles. The van der Waals surface area contributed by atoms with Gasteiger partial charge in [0.15, 0.2) is 0 Å². The zero-order valence-electron chi connectivity index (χ0n) is 17.6. The van der Waals surface area contributed by atoms with Gasteiger partial charge >= 0.3 is 0 Å². The molecular weight excluding hydrogens is 396 g/mol. The average Bonchev–Trinajstić information content (AvgIpc) is 3.21. The Bertz CT molecular complexity index is 853. The molecule has 7 heteroatoms. The largest absolute Gasteiger partial charge is 0.339 e. The van der Waals surface area contributed by atoms with Crippen molar-refractivity contribution in [2.24, 2.45) is 0 Å². The lowest BCUT2D eigenvalue weighted by Crippen LogP contribution is -2.54. The number of benzene rings is 1. The van der Waals surface area contributed by atoms with Gasteiger partial charge in [-0.3, -0.25) is 19.4 Å². The molecule has 4 rings (SSSR count). The maximum atomic E-state index is 12.8. The maximum absolute atomic E-state index is 12.8. The molecule has 0 saturated carbocycles. The minimum atomic E-state index is 0.119. The molecule has 1 aromatic heterocycles. The molecule has 0 atom stereocenters. The number of amides is 2. The fraction of sp³-hybridized carbons (Fsp3) is 0.478. The van der Waals surface area contributed by atoms with Crippen molar-refractivity contribution < 1.29 is 9.59 Å². The van der Waals surface area contributed by atoms with E-state index in [2.05, 4.69) is 34.1 Å². The van der Waals surface area contributed by atoms with Gasteiger partial charge in [-0.05, 0) is 24.6 Å². The highest BCUT2D eigenvalue weighted by Gasteiger charge is 2.27. The zero-order valence-corrected chi connectivity index (χ0v) is 18.4. The first-order valence-electron chi connectivity index (χ1n) is 10.7. The quantitative estimate of drug-likeness (QED) is 0.735. The van der Waals surface area contributed by atoms with Gasteiger partial charge in [0.2, 0.25) is 5.91 Å². The molecule has 2 fully saturated rings. The summed E-state index contributed by atoms with van der Waals surface area (Å²) in [6, 6.07) is 14.4. The van der Waals surface area contributed by atoms with Gasteiger partial charge in [-0.15, -0.1) is 11.3 Å². The summed E-state index contributed by atoms with van der Waals surface area (Å²) in [4.78, 5) is 35.8. The lowest BCUT2D eigenvalue weighted by molar-refractivity contribution is -0.134. The van der Waals surface area contributed by atoms with Crippen molar-refractivity contribution in [1.29, 1.82) is 0 Å². The summed E-state index contributed by atoms with van der Waals surface area (Å²) in [5, 5.41) is 0. The molecule has 0 spiro atoms. The number of carbonyl (C=O) groups is 2. The first kappa shape index (κ1) is 21.0. The van der Waals surface area contributed by atoms with E-state index in [0.717, 1.165) is 55.6 Å². The molecular formula is C23H30N4O2S. The first-order valence-corrected chi connectivity index (χ1v) is 11.5. The molecule has 30 heavy (non-hydrogen) atoms. The number of aryl methyl sites for hydroxylation is 1. The van der Waals surface area contributed by atoms with Gasteiger partial charge in [0.1, 0.15) is 0 Å². The lowest BCUT2D eigenvalue weighted by atomic mass is 10.2. The van der Waals surface area contributed by atoms with E-state index in [9.17, 15) is 9.59 Å². The van der Waals surface area contributed by atoms with Crippen molar-refractivity contribution in [3.8, 4) is 0 Å². The van der Waals surface area contributed by atoms with E-state index in [4.69, 9.17) is 0 Å². The van der Waals surface area contributed by atoms with Crippen LogP contribution in [0.2, 0.25) is 0 Å². The van der Waals surface area contributed by atoms with Crippen molar-refractivity contribution in [3.05, 3.63) is 57.8 Å². The third-order valence-electron chi connectivity index (χ3n) is 5.94. The van der Waals surface area contributed by atoms with Gasteiger partial charge in [-0.1, -0.05) is 30.3 Å². The molecule has 0 radical (unpaired) electrons. The highest BCUT2D eigenvalue weighted by molar-refractivity contribution is 7.13. The van der Waals surface area contributed by atoms with E-state index in [1.807, 2.05) is 34.9 Å². The van der Waals surface area contributed by atoms with E-state index in [0.29, 0.717) is 19.6 Å². The van der Waals surface area contributed by atoms with Crippen molar-refractivity contribution in [2.75, 3.05) is 58.9 Å². The number of carbonyl (C=O) groups excluding carboxylic acids is 2. The molecule has 0 N–H and O–H groups in total. The second-order valence-electron chi connectivity index (χ2n) is 8.12. The summed E-state index contributed by atoms with van der Waals surface area (Å²) < 4.78 is 0. The third-order valence-corrected chi connectivity index (χ3v) is 6.93. The molecule has 2 amide bonds. The zero-order chi connectivity index (χ0) is 20.9. The molecule has 160 valence electrons. The number of hydrogen-bond donors (Lipinski definition) is 0. The minimum absolute atomic E-state index is 0.119. The number of nitrogens with zero attached hydrogens (tertiary/aromatic N) is 4. The molecule has 2 aliphatic heterocycles. The Balaban J connectivity index is 1.19. The van der Waals surface area contributed by atoms with Crippen LogP contribution in [0.15, 0.2) is 42.5 Å². The van der Waals surface area contributed by atoms with E-state index in [1.165, 1.54) is 5.56 Å². The molecule has 6 nitrogen and oxygen atoms in total. The standard InChI is InChI=1S/C23H30N4O2S/c1-19-7-8-21(30-19)23(29)27-15-11-25(12-16-27)18-22(28)26-13-9-24(10-14-26)17-20-5-3-2-4-6-20/h2-8H,9-18H2,1H3. The molecule has 3 heterocycles. The van der Waals surface area contributed by atoms with Crippen molar-refractivity contribution >= 4 is 23.2 Å². The smallest absolute Gasteiger partial charge is 0.264 e. The van der Waals surface area contributed by atoms with E-state index in [1.54, 1.807) is 11.3 Å². The summed E-state index contributed by atoms with van der Waals surface area (Å²) in [5.74, 6) is 0.330. The van der Waals surface area contributed by atoms with Crippen LogP contribution in [0.3, 0.4) is 0 Å². The van der Waals surface area contributed by atoms with Crippen molar-refractivity contribution in [3.63, 3.8) is 0 Å². The van der Waals surface area contributed by atoms with Crippen LogP contribution in [-0.2, 0) is 11.3 Å². The molecule has 2 aliphatic rings. The second kappa shape index (κ2) is 9.73. The lowest BCUT2D eigenvalue weighted by Gasteiger charge is -2.38. The summed E-state index contributed by atoms with van der Waals surface area (Å²) >= 11 is 1.55. The number of rotatable bonds is 5. The third kappa shape index (κ3) is 5.28. The monoisotopic (exact) mass is 426 g/mol. The number of thiophene rings is 1. The maximum Gasteiger partial charge on any atom is 0.264 e. The second-order valence-corrected chi connectivity index (χ2v) is 9.41. The fourth-order valence-electron chi connectivity index (χ4n) is 4.10. The van der Waals surface area contributed by atoms with Gasteiger partial charge < -0.3 is 9.80 Å². The van der Waals surface area contributed by atoms with E-state index < -0.39 is 0 Å². The predicted molar refractivity (Wildman–Crippen MR) is 120 cm³/mol. The number of hydrogen-bond acceptors (Lipinski definition) is 5. The normalized spacial score (nSPS) is 18.6. The Morgan fingerprint density at radius 2 is 1.43 bits per heavy atom. The highest BCUT2D eigenvalue weighted by atomic mass is 32.1. The first-order chi connectivity index (χ1) is 14.6. The molecule has 2 aromatic rings. The predicted octanol–water partition coefficient (Wildman–Crippen LogP) is 2.16. The van der Waals surface area contributed by atoms with Gasteiger partial charge in [-0.25, -0.2) is 0 Å². The average molecular weight is 427 g/mol. The Labute approximate surface area is 182 Å². The van der Waals surface area contributed by atoms with E-state index in [-0.39, 0.29) is 11.8 Å². The summed E-state index contributed by atoms with van der Waals surface area (Å²) in [6.07, 6.45) is 0. The highest BCUT2D eigenvalue weighted by Crippen LogP contribution is 2.18. The van der Waals surface area contributed by atoms with Crippen molar-refractivity contribution in [1.82, 2.24) is 19.6 Å². The Hall–Kier alpha value is -2.22. The number of piperazine rings is 2. The van der Waals surface area contributed by atoms with Gasteiger partial charge in [0, 0.05) is 63.8 Å². The molecule has 1 aromatic carbocycles. The van der Waals surface area contributed by atoms with Crippen molar-refractivity contribution in [2.45, 2.75) is 13.5 Å². The van der Waals surface area contributed by atoms with Gasteiger partial charge in [0.05, 0.1) is 11.4 Å². The van der Waals surface area contributed by atoms with Gasteiger partial charge in [-0.2, -0.15) is 0 Å². The summed E-state index contributed by atoms with van der Waals surface area (Å²) in [6.45, 7) is 9.75. The molecule has 0 bridgehead atoms. The Kier molecular flexibility index (Phi) is 6.82. The van der Waals surface area contributed by atoms with Crippen LogP contribution < -0.4 is 0 Å². The van der Waals surface area contributed by atoms with Crippen LogP contribution in [0.25, 0.3) is 0 Å². The van der Waals surface area contributed by atoms with Crippen LogP contribution in [-0.4, -0.2) is 90.3 Å². The molecule has 0 unspecified atom stereocenters. The summed E-state index contributed by atoms with van der Waals surface area (Å²) in [5.41, 5.74) is 1.32.